The van der Waals surface area contributed by atoms with Crippen molar-refractivity contribution in [2.45, 2.75) is 13.8 Å². The molecule has 0 atom stereocenters. The number of anilines is 2. The number of nitrogens with one attached hydrogen (secondary N) is 2. The van der Waals surface area contributed by atoms with E-state index >= 15 is 0 Å². The molecule has 0 aliphatic carbocycles. The number of hydrogen-bond acceptors (Lipinski definition) is 3. The number of amides is 1. The third-order valence-corrected chi connectivity index (χ3v) is 3.03. The Balaban J connectivity index is 2.23. The number of hydrazine groups is 1. The number of carbonyl (C=O) groups excluding carboxylic acids is 1. The first kappa shape index (κ1) is 13.1. The molecule has 0 fully saturated rings. The maximum Gasteiger partial charge on any atom is 0.255 e. The molecule has 0 saturated carbocycles. The lowest BCUT2D eigenvalue weighted by Gasteiger charge is -2.11. The van der Waals surface area contributed by atoms with Gasteiger partial charge in [-0.15, -0.1) is 0 Å². The van der Waals surface area contributed by atoms with Crippen LogP contribution in [0, 0.1) is 13.8 Å². The predicted octanol–water partition coefficient (Wildman–Crippen LogP) is 2.84. The molecule has 4 nitrogen and oxygen atoms in total. The normalized spacial score (nSPS) is 10.1. The van der Waals surface area contributed by atoms with Crippen LogP contribution in [-0.4, -0.2) is 5.91 Å². The first-order valence-electron chi connectivity index (χ1n) is 6.06. The van der Waals surface area contributed by atoms with Gasteiger partial charge in [0.1, 0.15) is 0 Å². The van der Waals surface area contributed by atoms with Crippen molar-refractivity contribution >= 4 is 17.3 Å². The highest BCUT2D eigenvalue weighted by molar-refractivity contribution is 6.05. The second-order valence-corrected chi connectivity index (χ2v) is 4.44. The average molecular weight is 255 g/mol. The highest BCUT2D eigenvalue weighted by Crippen LogP contribution is 2.18. The van der Waals surface area contributed by atoms with Crippen LogP contribution in [0.2, 0.25) is 0 Å². The molecule has 19 heavy (non-hydrogen) atoms. The van der Waals surface area contributed by atoms with E-state index in [9.17, 15) is 4.79 Å². The fraction of sp³-hybridized carbons (Fsp3) is 0.133. The molecule has 0 radical (unpaired) electrons. The van der Waals surface area contributed by atoms with Crippen molar-refractivity contribution in [2.75, 3.05) is 10.7 Å². The minimum atomic E-state index is -0.115. The molecule has 0 aromatic heterocycles. The van der Waals surface area contributed by atoms with Crippen LogP contribution in [0.3, 0.4) is 0 Å². The second-order valence-electron chi connectivity index (χ2n) is 4.44. The van der Waals surface area contributed by atoms with E-state index in [1.807, 2.05) is 44.2 Å². The summed E-state index contributed by atoms with van der Waals surface area (Å²) < 4.78 is 0. The van der Waals surface area contributed by atoms with Gasteiger partial charge in [-0.05, 0) is 49.2 Å². The first-order valence-corrected chi connectivity index (χ1v) is 6.06. The predicted molar refractivity (Wildman–Crippen MR) is 78.1 cm³/mol. The van der Waals surface area contributed by atoms with Crippen molar-refractivity contribution in [2.24, 2.45) is 5.84 Å². The van der Waals surface area contributed by atoms with E-state index in [2.05, 4.69) is 10.7 Å². The number of aryl methyl sites for hydroxylation is 2. The highest BCUT2D eigenvalue weighted by Gasteiger charge is 2.10. The van der Waals surface area contributed by atoms with Gasteiger partial charge in [-0.2, -0.15) is 0 Å². The number of para-hydroxylation sites is 1. The SMILES string of the molecule is Cc1ccccc1NC(=O)c1ccc(NN)cc1C. The summed E-state index contributed by atoms with van der Waals surface area (Å²) in [5.41, 5.74) is 6.72. The Hall–Kier alpha value is -2.33. The van der Waals surface area contributed by atoms with Crippen LogP contribution in [0.5, 0.6) is 0 Å². The molecule has 0 aliphatic rings. The third kappa shape index (κ3) is 2.92. The van der Waals surface area contributed by atoms with Crippen LogP contribution in [0.1, 0.15) is 21.5 Å². The second kappa shape index (κ2) is 5.54. The summed E-state index contributed by atoms with van der Waals surface area (Å²) in [6.45, 7) is 3.84. The van der Waals surface area contributed by atoms with Crippen molar-refractivity contribution in [1.82, 2.24) is 0 Å². The van der Waals surface area contributed by atoms with Crippen LogP contribution < -0.4 is 16.6 Å². The van der Waals surface area contributed by atoms with Crippen LogP contribution in [0.25, 0.3) is 0 Å². The number of carbonyl (C=O) groups is 1. The summed E-state index contributed by atoms with van der Waals surface area (Å²) in [5.74, 6) is 5.22. The van der Waals surface area contributed by atoms with E-state index in [4.69, 9.17) is 5.84 Å². The van der Waals surface area contributed by atoms with Gasteiger partial charge >= 0.3 is 0 Å². The van der Waals surface area contributed by atoms with Gasteiger partial charge in [-0.3, -0.25) is 10.6 Å². The van der Waals surface area contributed by atoms with Crippen LogP contribution in [-0.2, 0) is 0 Å². The van der Waals surface area contributed by atoms with Gasteiger partial charge in [-0.1, -0.05) is 18.2 Å². The van der Waals surface area contributed by atoms with Crippen molar-refractivity contribution in [1.29, 1.82) is 0 Å². The topological polar surface area (TPSA) is 67.2 Å². The lowest BCUT2D eigenvalue weighted by molar-refractivity contribution is 0.102. The summed E-state index contributed by atoms with van der Waals surface area (Å²) in [4.78, 5) is 12.2. The van der Waals surface area contributed by atoms with Gasteiger partial charge in [-0.25, -0.2) is 0 Å². The van der Waals surface area contributed by atoms with Gasteiger partial charge in [0.05, 0.1) is 0 Å². The van der Waals surface area contributed by atoms with Gasteiger partial charge in [0.2, 0.25) is 0 Å². The van der Waals surface area contributed by atoms with Gasteiger partial charge < -0.3 is 10.7 Å². The molecule has 4 N–H and O–H groups in total. The smallest absolute Gasteiger partial charge is 0.255 e. The molecular weight excluding hydrogens is 238 g/mol. The zero-order chi connectivity index (χ0) is 13.8. The highest BCUT2D eigenvalue weighted by atomic mass is 16.1. The minimum absolute atomic E-state index is 0.115. The Morgan fingerprint density at radius 3 is 2.42 bits per heavy atom. The largest absolute Gasteiger partial charge is 0.324 e. The summed E-state index contributed by atoms with van der Waals surface area (Å²) in [6, 6.07) is 13.1. The van der Waals surface area contributed by atoms with Gasteiger partial charge in [0.15, 0.2) is 0 Å². The monoisotopic (exact) mass is 255 g/mol. The van der Waals surface area contributed by atoms with Crippen molar-refractivity contribution in [3.8, 4) is 0 Å². The Labute approximate surface area is 112 Å². The average Bonchev–Trinajstić information content (AvgIpc) is 2.41. The van der Waals surface area contributed by atoms with E-state index in [0.29, 0.717) is 5.56 Å². The summed E-state index contributed by atoms with van der Waals surface area (Å²) in [6.07, 6.45) is 0. The van der Waals surface area contributed by atoms with Gasteiger partial charge in [0, 0.05) is 16.9 Å². The lowest BCUT2D eigenvalue weighted by atomic mass is 10.1. The summed E-state index contributed by atoms with van der Waals surface area (Å²) in [5, 5.41) is 2.91. The quantitative estimate of drug-likeness (QED) is 0.583. The molecule has 4 heteroatoms. The van der Waals surface area contributed by atoms with Crippen LogP contribution >= 0.6 is 0 Å². The molecule has 0 bridgehead atoms. The number of benzene rings is 2. The molecule has 0 unspecified atom stereocenters. The Morgan fingerprint density at radius 1 is 1.05 bits per heavy atom. The number of nitrogens with two attached hydrogens (primary N) is 1. The first-order chi connectivity index (χ1) is 9.11. The standard InChI is InChI=1S/C15H17N3O/c1-10-5-3-4-6-14(10)17-15(19)13-8-7-12(18-16)9-11(13)2/h3-9,18H,16H2,1-2H3,(H,17,19). The zero-order valence-electron chi connectivity index (χ0n) is 11.0. The Morgan fingerprint density at radius 2 is 1.79 bits per heavy atom. The van der Waals surface area contributed by atoms with Crippen LogP contribution in [0.4, 0.5) is 11.4 Å². The van der Waals surface area contributed by atoms with E-state index in [0.717, 1.165) is 22.5 Å². The molecule has 0 spiro atoms. The van der Waals surface area contributed by atoms with E-state index in [-0.39, 0.29) is 5.91 Å². The maximum absolute atomic E-state index is 12.2. The number of rotatable bonds is 3. The number of nitrogen functional groups attached to an aromatic ring is 1. The van der Waals surface area contributed by atoms with E-state index in [1.165, 1.54) is 0 Å². The molecule has 1 amide bonds. The van der Waals surface area contributed by atoms with Crippen molar-refractivity contribution < 1.29 is 4.79 Å². The molecule has 2 aromatic carbocycles. The fourth-order valence-corrected chi connectivity index (χ4v) is 1.91. The van der Waals surface area contributed by atoms with Crippen molar-refractivity contribution in [3.63, 3.8) is 0 Å². The van der Waals surface area contributed by atoms with E-state index in [1.54, 1.807) is 12.1 Å². The fourth-order valence-electron chi connectivity index (χ4n) is 1.91. The minimum Gasteiger partial charge on any atom is -0.324 e. The Kier molecular flexibility index (Phi) is 3.82. The molecule has 98 valence electrons. The Bertz CT molecular complexity index is 608. The third-order valence-electron chi connectivity index (χ3n) is 3.03. The molecule has 2 aromatic rings. The van der Waals surface area contributed by atoms with E-state index < -0.39 is 0 Å². The van der Waals surface area contributed by atoms with Crippen molar-refractivity contribution in [3.05, 3.63) is 59.2 Å². The summed E-state index contributed by atoms with van der Waals surface area (Å²) >= 11 is 0. The lowest BCUT2D eigenvalue weighted by Crippen LogP contribution is -2.15. The summed E-state index contributed by atoms with van der Waals surface area (Å²) in [7, 11) is 0. The number of hydrogen-bond donors (Lipinski definition) is 3. The van der Waals surface area contributed by atoms with Crippen LogP contribution in [0.15, 0.2) is 42.5 Å². The molecular formula is C15H17N3O. The zero-order valence-corrected chi connectivity index (χ0v) is 11.0. The molecule has 0 saturated heterocycles. The molecule has 2 rings (SSSR count). The van der Waals surface area contributed by atoms with Gasteiger partial charge in [0.25, 0.3) is 5.91 Å². The maximum atomic E-state index is 12.2. The molecule has 0 aliphatic heterocycles. The molecule has 0 heterocycles.